The minimum atomic E-state index is -0.931. The van der Waals surface area contributed by atoms with E-state index in [1.54, 1.807) is 34.8 Å². The SMILES string of the molecule is CCN(O)NOc1ccc(N([I-]N)C2=CC=CCC2ON([I-]N)[N+]2(CC)ON2NC)cc1. The van der Waals surface area contributed by atoms with E-state index in [0.717, 1.165) is 16.6 Å². The first-order valence-electron chi connectivity index (χ1n) is 9.89. The molecule has 3 unspecified atom stereocenters. The van der Waals surface area contributed by atoms with Crippen LogP contribution in [-0.2, 0) is 9.78 Å². The molecule has 1 aliphatic heterocycles. The first-order valence-corrected chi connectivity index (χ1v) is 14.3. The van der Waals surface area contributed by atoms with Gasteiger partial charge in [-0.05, 0) is 0 Å². The number of nitrogens with zero attached hydrogens (tertiary/aromatic N) is 5. The van der Waals surface area contributed by atoms with Crippen LogP contribution in [0.25, 0.3) is 0 Å². The van der Waals surface area contributed by atoms with Crippen LogP contribution in [0.3, 0.4) is 0 Å². The molecule has 1 heterocycles. The molecule has 0 saturated carbocycles. The van der Waals surface area contributed by atoms with Gasteiger partial charge in [0, 0.05) is 0 Å². The molecule has 182 valence electrons. The third-order valence-electron chi connectivity index (χ3n) is 4.65. The fraction of sp³-hybridized carbons (Fsp3) is 0.412. The average molecular weight is 678 g/mol. The summed E-state index contributed by atoms with van der Waals surface area (Å²) in [7, 11) is 1.78. The molecule has 13 nitrogen and oxygen atoms in total. The maximum absolute atomic E-state index is 9.42. The number of quaternary nitrogens is 1. The molecule has 3 rings (SSSR count). The van der Waals surface area contributed by atoms with Gasteiger partial charge in [0.2, 0.25) is 0 Å². The molecule has 1 aromatic carbocycles. The number of rotatable bonds is 13. The van der Waals surface area contributed by atoms with E-state index in [9.17, 15) is 5.21 Å². The Balaban J connectivity index is 1.73. The van der Waals surface area contributed by atoms with Gasteiger partial charge in [0.1, 0.15) is 0 Å². The fourth-order valence-electron chi connectivity index (χ4n) is 2.93. The van der Waals surface area contributed by atoms with Gasteiger partial charge in [-0.3, -0.25) is 0 Å². The summed E-state index contributed by atoms with van der Waals surface area (Å²) in [6, 6.07) is 7.43. The van der Waals surface area contributed by atoms with Gasteiger partial charge in [-0.2, -0.15) is 0 Å². The van der Waals surface area contributed by atoms with Gasteiger partial charge in [0.05, 0.1) is 0 Å². The Hall–Kier alpha value is -0.680. The van der Waals surface area contributed by atoms with E-state index in [2.05, 4.69) is 20.2 Å². The summed E-state index contributed by atoms with van der Waals surface area (Å²) in [5, 5.41) is 11.9. The van der Waals surface area contributed by atoms with Crippen LogP contribution in [0, 0.1) is 0 Å². The molecule has 1 aliphatic carbocycles. The first kappa shape index (κ1) is 25.9. The normalized spacial score (nSPS) is 24.9. The Morgan fingerprint density at radius 3 is 2.59 bits per heavy atom. The van der Waals surface area contributed by atoms with Crippen LogP contribution in [-0.4, -0.2) is 50.2 Å². The predicted octanol–water partition coefficient (Wildman–Crippen LogP) is -5.83. The number of nitrogens with two attached hydrogens (primary N) is 2. The van der Waals surface area contributed by atoms with Crippen molar-refractivity contribution >= 4 is 5.69 Å². The number of hydrazine groups is 2. The number of benzene rings is 1. The molecule has 0 spiro atoms. The van der Waals surface area contributed by atoms with Crippen molar-refractivity contribution < 1.29 is 68.2 Å². The fourth-order valence-corrected chi connectivity index (χ4v) is 5.72. The Morgan fingerprint density at radius 2 is 2.03 bits per heavy atom. The summed E-state index contributed by atoms with van der Waals surface area (Å²) in [4.78, 5) is 17.4. The van der Waals surface area contributed by atoms with Crippen LogP contribution in [0.15, 0.2) is 48.2 Å². The van der Waals surface area contributed by atoms with Crippen LogP contribution in [0.4, 0.5) is 5.69 Å². The van der Waals surface area contributed by atoms with E-state index in [0.29, 0.717) is 25.3 Å². The van der Waals surface area contributed by atoms with Crippen molar-refractivity contribution in [3.63, 3.8) is 0 Å². The van der Waals surface area contributed by atoms with Gasteiger partial charge in [-0.1, -0.05) is 0 Å². The van der Waals surface area contributed by atoms with Crippen molar-refractivity contribution in [2.24, 2.45) is 7.89 Å². The molecule has 0 amide bonds. The van der Waals surface area contributed by atoms with E-state index < -0.39 is 43.5 Å². The van der Waals surface area contributed by atoms with Crippen molar-refractivity contribution in [2.45, 2.75) is 26.4 Å². The number of hydroxylamine groups is 2. The van der Waals surface area contributed by atoms with Crippen molar-refractivity contribution in [1.82, 2.24) is 24.9 Å². The van der Waals surface area contributed by atoms with Crippen LogP contribution in [0.5, 0.6) is 5.75 Å². The van der Waals surface area contributed by atoms with Crippen molar-refractivity contribution in [3.8, 4) is 5.75 Å². The van der Waals surface area contributed by atoms with Gasteiger partial charge in [-0.15, -0.1) is 0 Å². The quantitative estimate of drug-likeness (QED) is 0.0447. The van der Waals surface area contributed by atoms with E-state index in [4.69, 9.17) is 22.5 Å². The molecule has 1 fully saturated rings. The summed E-state index contributed by atoms with van der Waals surface area (Å²) < 4.78 is 16.1. The second-order valence-corrected chi connectivity index (χ2v) is 9.42. The molecule has 0 aromatic heterocycles. The third kappa shape index (κ3) is 5.87. The van der Waals surface area contributed by atoms with E-state index in [-0.39, 0.29) is 11.0 Å². The number of nitrogens with one attached hydrogen (secondary N) is 2. The molecule has 15 heteroatoms. The first-order chi connectivity index (χ1) is 15.5. The second kappa shape index (κ2) is 12.1. The number of hydrogen-bond acceptors (Lipinski definition) is 12. The van der Waals surface area contributed by atoms with E-state index in [1.807, 2.05) is 31.2 Å². The zero-order valence-electron chi connectivity index (χ0n) is 18.1. The molecule has 7 N–H and O–H groups in total. The van der Waals surface area contributed by atoms with Crippen LogP contribution < -0.4 is 70.4 Å². The third-order valence-corrected chi connectivity index (χ3v) is 7.70. The molecule has 2 aliphatic rings. The summed E-state index contributed by atoms with van der Waals surface area (Å²) in [5.74, 6) is 0.557. The van der Waals surface area contributed by atoms with Gasteiger partial charge in [0.25, 0.3) is 0 Å². The van der Waals surface area contributed by atoms with E-state index >= 15 is 0 Å². The summed E-state index contributed by atoms with van der Waals surface area (Å²) in [6.07, 6.45) is 6.49. The second-order valence-electron chi connectivity index (χ2n) is 6.51. The molecule has 0 bridgehead atoms. The van der Waals surface area contributed by atoms with Gasteiger partial charge in [0.15, 0.2) is 0 Å². The summed E-state index contributed by atoms with van der Waals surface area (Å²) >= 11 is -1.76. The molecule has 1 aromatic rings. The Labute approximate surface area is 209 Å². The zero-order chi connectivity index (χ0) is 23.1. The summed E-state index contributed by atoms with van der Waals surface area (Å²) in [6.45, 7) is 4.79. The topological polar surface area (TPSA) is 140 Å². The number of halogens is 2. The van der Waals surface area contributed by atoms with Crippen LogP contribution in [0.2, 0.25) is 0 Å². The Bertz CT molecular complexity index is 803. The Kier molecular flexibility index (Phi) is 9.85. The van der Waals surface area contributed by atoms with Crippen LogP contribution in [0.1, 0.15) is 20.3 Å². The molecular formula is C17H30I2N9O4-. The molecule has 32 heavy (non-hydrogen) atoms. The predicted molar refractivity (Wildman–Crippen MR) is 107 cm³/mol. The number of hydrogen-bond donors (Lipinski definition) is 5. The number of anilines is 1. The van der Waals surface area contributed by atoms with Gasteiger partial charge >= 0.3 is 210 Å². The standard InChI is InChI=1S/C17H30I2N9O4/c1-4-24(29)23-30-15-12-10-14(11-13-15)25(18-20)16-8-6-7-9-17(16)31-26(19-21)28(5-2)27(22-3)32-28/h6-8,10-13,17,22-23,29H,4-5,9,20-21H2,1-3H3/q-1. The minimum absolute atomic E-state index is 0.0596. The molecular weight excluding hydrogens is 648 g/mol. The monoisotopic (exact) mass is 678 g/mol. The molecule has 1 saturated heterocycles. The van der Waals surface area contributed by atoms with Crippen molar-refractivity contribution in [3.05, 3.63) is 48.2 Å². The van der Waals surface area contributed by atoms with E-state index in [1.165, 1.54) is 0 Å². The zero-order valence-corrected chi connectivity index (χ0v) is 22.4. The maximum atomic E-state index is 9.42. The van der Waals surface area contributed by atoms with Gasteiger partial charge < -0.3 is 0 Å². The Morgan fingerprint density at radius 1 is 1.28 bits per heavy atom. The molecule has 0 radical (unpaired) electrons. The van der Waals surface area contributed by atoms with Crippen LogP contribution >= 0.6 is 0 Å². The average Bonchev–Trinajstić information content (AvgIpc) is 3.57. The van der Waals surface area contributed by atoms with Gasteiger partial charge in [-0.25, -0.2) is 0 Å². The molecule has 3 atom stereocenters. The van der Waals surface area contributed by atoms with Crippen molar-refractivity contribution in [2.75, 3.05) is 23.3 Å². The number of allylic oxidation sites excluding steroid dienone is 2. The summed E-state index contributed by atoms with van der Waals surface area (Å²) in [5.41, 5.74) is 7.27. The van der Waals surface area contributed by atoms with Crippen molar-refractivity contribution in [1.29, 1.82) is 0 Å².